The molecule has 0 aliphatic rings. The molecule has 1 aromatic carbocycles. The van der Waals surface area contributed by atoms with Crippen LogP contribution in [0.2, 0.25) is 0 Å². The zero-order valence-corrected chi connectivity index (χ0v) is 11.2. The van der Waals surface area contributed by atoms with Crippen molar-refractivity contribution in [1.82, 2.24) is 4.72 Å². The number of carboxylic acids is 1. The highest BCUT2D eigenvalue weighted by atomic mass is 32.2. The Morgan fingerprint density at radius 3 is 2.29 bits per heavy atom. The SMILES string of the molecule is O=C(O)COc1ccc(NS(=O)(=O)NCC(F)(F)F)cc1. The summed E-state index contributed by atoms with van der Waals surface area (Å²) in [7, 11) is -4.36. The minimum Gasteiger partial charge on any atom is -0.482 e. The molecule has 0 unspecified atom stereocenters. The second kappa shape index (κ2) is 6.63. The third-order valence-corrected chi connectivity index (χ3v) is 2.96. The van der Waals surface area contributed by atoms with Crippen molar-refractivity contribution >= 4 is 21.9 Å². The highest BCUT2D eigenvalue weighted by Gasteiger charge is 2.29. The predicted octanol–water partition coefficient (Wildman–Crippen LogP) is 0.959. The van der Waals surface area contributed by atoms with Gasteiger partial charge in [-0.3, -0.25) is 4.72 Å². The van der Waals surface area contributed by atoms with Crippen LogP contribution < -0.4 is 14.2 Å². The third kappa shape index (κ3) is 7.37. The first-order valence-corrected chi connectivity index (χ1v) is 6.84. The van der Waals surface area contributed by atoms with Crippen molar-refractivity contribution in [2.75, 3.05) is 17.9 Å². The Morgan fingerprint density at radius 1 is 1.24 bits per heavy atom. The summed E-state index contributed by atoms with van der Waals surface area (Å²) in [5, 5.41) is 8.39. The van der Waals surface area contributed by atoms with Crippen molar-refractivity contribution in [2.24, 2.45) is 0 Å². The molecule has 0 aliphatic heterocycles. The molecule has 0 saturated carbocycles. The number of carboxylic acid groups (broad SMARTS) is 1. The van der Waals surface area contributed by atoms with Gasteiger partial charge in [0, 0.05) is 5.69 Å². The number of hydrogen-bond donors (Lipinski definition) is 3. The zero-order chi connectivity index (χ0) is 16.1. The van der Waals surface area contributed by atoms with Crippen LogP contribution in [0.25, 0.3) is 0 Å². The maximum Gasteiger partial charge on any atom is 0.402 e. The lowest BCUT2D eigenvalue weighted by molar-refractivity contribution is -0.139. The number of halogens is 3. The maximum atomic E-state index is 11.9. The number of hydrogen-bond acceptors (Lipinski definition) is 4. The number of rotatable bonds is 7. The van der Waals surface area contributed by atoms with E-state index in [-0.39, 0.29) is 11.4 Å². The molecule has 0 heterocycles. The molecule has 0 spiro atoms. The molecule has 0 saturated heterocycles. The molecule has 0 bridgehead atoms. The van der Waals surface area contributed by atoms with E-state index in [0.29, 0.717) is 0 Å². The molecule has 0 radical (unpaired) electrons. The third-order valence-electron chi connectivity index (χ3n) is 1.93. The van der Waals surface area contributed by atoms with Crippen LogP contribution in [0.15, 0.2) is 24.3 Å². The highest BCUT2D eigenvalue weighted by molar-refractivity contribution is 7.90. The number of aliphatic carboxylic acids is 1. The lowest BCUT2D eigenvalue weighted by Crippen LogP contribution is -2.37. The lowest BCUT2D eigenvalue weighted by atomic mass is 10.3. The Bertz CT molecular complexity index is 586. The molecule has 1 rings (SSSR count). The van der Waals surface area contributed by atoms with Crippen molar-refractivity contribution in [3.05, 3.63) is 24.3 Å². The first-order chi connectivity index (χ1) is 9.57. The van der Waals surface area contributed by atoms with Gasteiger partial charge in [0.25, 0.3) is 10.2 Å². The normalized spacial score (nSPS) is 12.0. The monoisotopic (exact) mass is 328 g/mol. The van der Waals surface area contributed by atoms with Crippen LogP contribution in [0, 0.1) is 0 Å². The molecule has 0 aromatic heterocycles. The van der Waals surface area contributed by atoms with Gasteiger partial charge in [0.05, 0.1) is 0 Å². The molecule has 0 amide bonds. The summed E-state index contributed by atoms with van der Waals surface area (Å²) in [5.41, 5.74) is -0.00708. The molecule has 0 aliphatic carbocycles. The summed E-state index contributed by atoms with van der Waals surface area (Å²) in [5.74, 6) is -1.01. The quantitative estimate of drug-likeness (QED) is 0.691. The molecule has 1 aromatic rings. The fourth-order valence-corrected chi connectivity index (χ4v) is 2.00. The largest absolute Gasteiger partial charge is 0.482 e. The molecule has 3 N–H and O–H groups in total. The van der Waals surface area contributed by atoms with E-state index < -0.39 is 35.5 Å². The van der Waals surface area contributed by atoms with E-state index >= 15 is 0 Å². The summed E-state index contributed by atoms with van der Waals surface area (Å²) in [4.78, 5) is 10.3. The smallest absolute Gasteiger partial charge is 0.402 e. The van der Waals surface area contributed by atoms with Crippen molar-refractivity contribution < 1.29 is 36.2 Å². The number of ether oxygens (including phenoxy) is 1. The summed E-state index contributed by atoms with van der Waals surface area (Å²) < 4.78 is 66.4. The van der Waals surface area contributed by atoms with Crippen LogP contribution in [0.5, 0.6) is 5.75 Å². The Labute approximate surface area is 117 Å². The molecular weight excluding hydrogens is 317 g/mol. The molecule has 0 fully saturated rings. The summed E-state index contributed by atoms with van der Waals surface area (Å²) in [6.45, 7) is -2.26. The van der Waals surface area contributed by atoms with Crippen LogP contribution in [0.3, 0.4) is 0 Å². The Balaban J connectivity index is 2.60. The van der Waals surface area contributed by atoms with Crippen molar-refractivity contribution in [2.45, 2.75) is 6.18 Å². The van der Waals surface area contributed by atoms with Crippen molar-refractivity contribution in [3.8, 4) is 5.75 Å². The molecule has 118 valence electrons. The Hall–Kier alpha value is -2.01. The zero-order valence-electron chi connectivity index (χ0n) is 10.3. The van der Waals surface area contributed by atoms with Crippen molar-refractivity contribution in [3.63, 3.8) is 0 Å². The van der Waals surface area contributed by atoms with Gasteiger partial charge < -0.3 is 9.84 Å². The van der Waals surface area contributed by atoms with E-state index in [1.807, 2.05) is 4.72 Å². The van der Waals surface area contributed by atoms with Crippen molar-refractivity contribution in [1.29, 1.82) is 0 Å². The van der Waals surface area contributed by atoms with Crippen LogP contribution in [0.1, 0.15) is 0 Å². The van der Waals surface area contributed by atoms with Gasteiger partial charge in [-0.1, -0.05) is 0 Å². The number of carbonyl (C=O) groups is 1. The van der Waals surface area contributed by atoms with Gasteiger partial charge in [-0.05, 0) is 24.3 Å². The molecular formula is C10H11F3N2O5S. The van der Waals surface area contributed by atoms with Crippen LogP contribution >= 0.6 is 0 Å². The first-order valence-electron chi connectivity index (χ1n) is 5.36. The van der Waals surface area contributed by atoms with Gasteiger partial charge in [0.15, 0.2) is 6.61 Å². The minimum absolute atomic E-state index is 0.00708. The maximum absolute atomic E-state index is 11.9. The van der Waals surface area contributed by atoms with Crippen LogP contribution in [-0.4, -0.2) is 38.8 Å². The highest BCUT2D eigenvalue weighted by Crippen LogP contribution is 2.17. The second-order valence-electron chi connectivity index (χ2n) is 3.75. The number of anilines is 1. The average molecular weight is 328 g/mol. The number of alkyl halides is 3. The topological polar surface area (TPSA) is 105 Å². The van der Waals surface area contributed by atoms with E-state index in [1.165, 1.54) is 29.0 Å². The van der Waals surface area contributed by atoms with E-state index in [2.05, 4.69) is 0 Å². The van der Waals surface area contributed by atoms with Gasteiger partial charge in [-0.25, -0.2) is 4.79 Å². The lowest BCUT2D eigenvalue weighted by Gasteiger charge is -2.11. The first kappa shape index (κ1) is 17.0. The van der Waals surface area contributed by atoms with Crippen LogP contribution in [-0.2, 0) is 15.0 Å². The van der Waals surface area contributed by atoms with Gasteiger partial charge in [-0.2, -0.15) is 26.3 Å². The van der Waals surface area contributed by atoms with E-state index in [9.17, 15) is 26.4 Å². The standard InChI is InChI=1S/C10H11F3N2O5S/c11-10(12,13)6-14-21(18,19)15-7-1-3-8(4-2-7)20-5-9(16)17/h1-4,14-15H,5-6H2,(H,16,17). The fourth-order valence-electron chi connectivity index (χ4n) is 1.13. The van der Waals surface area contributed by atoms with Gasteiger partial charge in [-0.15, -0.1) is 0 Å². The Kier molecular flexibility index (Phi) is 5.38. The summed E-state index contributed by atoms with van der Waals surface area (Å²) >= 11 is 0. The number of nitrogens with one attached hydrogen (secondary N) is 2. The van der Waals surface area contributed by atoms with E-state index in [0.717, 1.165) is 0 Å². The summed E-state index contributed by atoms with van der Waals surface area (Å²) in [6, 6.07) is 4.96. The molecule has 21 heavy (non-hydrogen) atoms. The molecule has 0 atom stereocenters. The van der Waals surface area contributed by atoms with Gasteiger partial charge in [0.2, 0.25) is 0 Å². The van der Waals surface area contributed by atoms with E-state index in [1.54, 1.807) is 0 Å². The van der Waals surface area contributed by atoms with Crippen LogP contribution in [0.4, 0.5) is 18.9 Å². The minimum atomic E-state index is -4.66. The van der Waals surface area contributed by atoms with Gasteiger partial charge >= 0.3 is 12.1 Å². The average Bonchev–Trinajstić information content (AvgIpc) is 2.35. The molecule has 7 nitrogen and oxygen atoms in total. The predicted molar refractivity (Wildman–Crippen MR) is 66.2 cm³/mol. The van der Waals surface area contributed by atoms with Gasteiger partial charge in [0.1, 0.15) is 12.3 Å². The number of benzene rings is 1. The van der Waals surface area contributed by atoms with E-state index in [4.69, 9.17) is 9.84 Å². The second-order valence-corrected chi connectivity index (χ2v) is 5.25. The molecule has 11 heteroatoms. The Morgan fingerprint density at radius 2 is 1.81 bits per heavy atom. The fraction of sp³-hybridized carbons (Fsp3) is 0.300. The summed E-state index contributed by atoms with van der Waals surface area (Å²) in [6.07, 6.45) is -4.66.